The molecule has 0 spiro atoms. The van der Waals surface area contributed by atoms with Gasteiger partial charge in [0.25, 0.3) is 0 Å². The zero-order chi connectivity index (χ0) is 15.9. The van der Waals surface area contributed by atoms with E-state index in [2.05, 4.69) is 10.6 Å². The Bertz CT molecular complexity index is 697. The molecule has 0 saturated carbocycles. The molecule has 0 aliphatic heterocycles. The van der Waals surface area contributed by atoms with E-state index in [4.69, 9.17) is 35.4 Å². The average Bonchev–Trinajstić information content (AvgIpc) is 2.49. The molecule has 6 heteroatoms. The molecule has 2 N–H and O–H groups in total. The van der Waals surface area contributed by atoms with Crippen molar-refractivity contribution in [2.45, 2.75) is 0 Å². The summed E-state index contributed by atoms with van der Waals surface area (Å²) in [5.74, 6) is -0.318. The molecule has 0 saturated heterocycles. The topological polar surface area (TPSA) is 41.1 Å². The van der Waals surface area contributed by atoms with Gasteiger partial charge in [-0.15, -0.1) is 0 Å². The molecule has 112 valence electrons. The van der Waals surface area contributed by atoms with Crippen molar-refractivity contribution >= 4 is 58.2 Å². The average molecular weight is 351 g/mol. The van der Waals surface area contributed by atoms with Crippen LogP contribution in [-0.4, -0.2) is 11.0 Å². The third-order valence-electron chi connectivity index (χ3n) is 2.64. The summed E-state index contributed by atoms with van der Waals surface area (Å²) in [6.45, 7) is 0. The van der Waals surface area contributed by atoms with Crippen LogP contribution in [0, 0.1) is 0 Å². The summed E-state index contributed by atoms with van der Waals surface area (Å²) in [6.07, 6.45) is 3.08. The first kappa shape index (κ1) is 16.5. The highest BCUT2D eigenvalue weighted by atomic mass is 35.5. The number of halogens is 2. The van der Waals surface area contributed by atoms with Gasteiger partial charge in [-0.05, 0) is 60.3 Å². The number of carbonyl (C=O) groups is 1. The fraction of sp³-hybridized carbons (Fsp3) is 0. The van der Waals surface area contributed by atoms with Gasteiger partial charge in [-0.25, -0.2) is 0 Å². The second kappa shape index (κ2) is 7.94. The monoisotopic (exact) mass is 350 g/mol. The Kier molecular flexibility index (Phi) is 5.95. The molecule has 0 aliphatic rings. The lowest BCUT2D eigenvalue weighted by Crippen LogP contribution is -2.32. The summed E-state index contributed by atoms with van der Waals surface area (Å²) in [7, 11) is 0. The maximum Gasteiger partial charge on any atom is 0.250 e. The first-order valence-corrected chi connectivity index (χ1v) is 7.50. The molecule has 0 heterocycles. The van der Waals surface area contributed by atoms with Crippen LogP contribution in [0.4, 0.5) is 5.69 Å². The van der Waals surface area contributed by atoms with Gasteiger partial charge in [0.05, 0.1) is 0 Å². The van der Waals surface area contributed by atoms with Gasteiger partial charge in [0.2, 0.25) is 5.91 Å². The van der Waals surface area contributed by atoms with E-state index < -0.39 is 0 Å². The van der Waals surface area contributed by atoms with Crippen molar-refractivity contribution in [1.82, 2.24) is 5.32 Å². The molecule has 22 heavy (non-hydrogen) atoms. The quantitative estimate of drug-likeness (QED) is 0.631. The van der Waals surface area contributed by atoms with Crippen LogP contribution in [0.25, 0.3) is 6.08 Å². The highest BCUT2D eigenvalue weighted by Crippen LogP contribution is 2.13. The summed E-state index contributed by atoms with van der Waals surface area (Å²) in [6, 6.07) is 14.1. The molecule has 2 rings (SSSR count). The van der Waals surface area contributed by atoms with E-state index in [0.29, 0.717) is 10.0 Å². The molecule has 0 fully saturated rings. The van der Waals surface area contributed by atoms with Crippen LogP contribution in [-0.2, 0) is 4.79 Å². The van der Waals surface area contributed by atoms with Crippen LogP contribution in [0.5, 0.6) is 0 Å². The summed E-state index contributed by atoms with van der Waals surface area (Å²) in [4.78, 5) is 11.8. The second-order valence-electron chi connectivity index (χ2n) is 4.34. The molecule has 0 atom stereocenters. The lowest BCUT2D eigenvalue weighted by molar-refractivity contribution is -0.115. The van der Waals surface area contributed by atoms with E-state index in [0.717, 1.165) is 11.3 Å². The van der Waals surface area contributed by atoms with Crippen molar-refractivity contribution < 1.29 is 4.79 Å². The molecule has 0 aromatic heterocycles. The molecule has 0 aliphatic carbocycles. The van der Waals surface area contributed by atoms with Crippen molar-refractivity contribution in [3.05, 3.63) is 70.2 Å². The Balaban J connectivity index is 1.87. The zero-order valence-corrected chi connectivity index (χ0v) is 13.7. The van der Waals surface area contributed by atoms with Crippen LogP contribution in [0.3, 0.4) is 0 Å². The number of benzene rings is 2. The van der Waals surface area contributed by atoms with E-state index in [1.165, 1.54) is 6.08 Å². The third-order valence-corrected chi connectivity index (χ3v) is 3.34. The fourth-order valence-corrected chi connectivity index (χ4v) is 2.07. The first-order chi connectivity index (χ1) is 10.5. The highest BCUT2D eigenvalue weighted by Gasteiger charge is 2.01. The summed E-state index contributed by atoms with van der Waals surface area (Å²) in [5.41, 5.74) is 1.62. The van der Waals surface area contributed by atoms with Gasteiger partial charge >= 0.3 is 0 Å². The molecule has 3 nitrogen and oxygen atoms in total. The lowest BCUT2D eigenvalue weighted by atomic mass is 10.2. The summed E-state index contributed by atoms with van der Waals surface area (Å²) >= 11 is 16.7. The standard InChI is InChI=1S/C16H12Cl2N2OS/c17-12-4-1-11(2-5-12)3-10-15(21)20-16(22)19-14-8-6-13(18)7-9-14/h1-10H,(H2,19,20,21,22). The predicted molar refractivity (Wildman–Crippen MR) is 96.3 cm³/mol. The van der Waals surface area contributed by atoms with Crippen LogP contribution in [0.2, 0.25) is 10.0 Å². The Morgan fingerprint density at radius 1 is 0.955 bits per heavy atom. The SMILES string of the molecule is O=C(C=Cc1ccc(Cl)cc1)NC(=S)Nc1ccc(Cl)cc1. The minimum atomic E-state index is -0.318. The number of thiocarbonyl (C=S) groups is 1. The maximum atomic E-state index is 11.8. The Hall–Kier alpha value is -1.88. The van der Waals surface area contributed by atoms with Crippen molar-refractivity contribution in [1.29, 1.82) is 0 Å². The molecule has 0 unspecified atom stereocenters. The van der Waals surface area contributed by atoms with Crippen LogP contribution < -0.4 is 10.6 Å². The molecule has 0 bridgehead atoms. The highest BCUT2D eigenvalue weighted by molar-refractivity contribution is 7.80. The lowest BCUT2D eigenvalue weighted by Gasteiger charge is -2.07. The molecular formula is C16H12Cl2N2OS. The number of anilines is 1. The summed E-state index contributed by atoms with van der Waals surface area (Å²) in [5, 5.41) is 6.95. The maximum absolute atomic E-state index is 11.8. The van der Waals surface area contributed by atoms with Crippen molar-refractivity contribution in [2.24, 2.45) is 0 Å². The number of rotatable bonds is 3. The van der Waals surface area contributed by atoms with Gasteiger partial charge < -0.3 is 5.32 Å². The smallest absolute Gasteiger partial charge is 0.250 e. The second-order valence-corrected chi connectivity index (χ2v) is 5.62. The van der Waals surface area contributed by atoms with E-state index >= 15 is 0 Å². The van der Waals surface area contributed by atoms with Crippen molar-refractivity contribution in [3.8, 4) is 0 Å². The van der Waals surface area contributed by atoms with Crippen LogP contribution >= 0.6 is 35.4 Å². The Labute approximate surface area is 143 Å². The van der Waals surface area contributed by atoms with Gasteiger partial charge in [0.1, 0.15) is 0 Å². The first-order valence-electron chi connectivity index (χ1n) is 6.34. The molecule has 0 radical (unpaired) electrons. The van der Waals surface area contributed by atoms with Gasteiger partial charge in [0, 0.05) is 21.8 Å². The van der Waals surface area contributed by atoms with E-state index in [-0.39, 0.29) is 11.0 Å². The Morgan fingerprint density at radius 3 is 2.09 bits per heavy atom. The van der Waals surface area contributed by atoms with Gasteiger partial charge in [-0.3, -0.25) is 10.1 Å². The predicted octanol–water partition coefficient (Wildman–Crippen LogP) is 4.52. The Morgan fingerprint density at radius 2 is 1.50 bits per heavy atom. The molecule has 1 amide bonds. The van der Waals surface area contributed by atoms with Crippen molar-refractivity contribution in [3.63, 3.8) is 0 Å². The van der Waals surface area contributed by atoms with E-state index in [1.807, 2.05) is 12.1 Å². The number of carbonyl (C=O) groups excluding carboxylic acids is 1. The number of hydrogen-bond acceptors (Lipinski definition) is 2. The third kappa shape index (κ3) is 5.48. The minimum absolute atomic E-state index is 0.216. The van der Waals surface area contributed by atoms with Crippen molar-refractivity contribution in [2.75, 3.05) is 5.32 Å². The van der Waals surface area contributed by atoms with Gasteiger partial charge in [-0.1, -0.05) is 35.3 Å². The largest absolute Gasteiger partial charge is 0.332 e. The fourth-order valence-electron chi connectivity index (χ4n) is 1.59. The van der Waals surface area contributed by atoms with Gasteiger partial charge in [-0.2, -0.15) is 0 Å². The van der Waals surface area contributed by atoms with E-state index in [1.54, 1.807) is 42.5 Å². The minimum Gasteiger partial charge on any atom is -0.332 e. The zero-order valence-electron chi connectivity index (χ0n) is 11.3. The van der Waals surface area contributed by atoms with E-state index in [9.17, 15) is 4.79 Å². The molecular weight excluding hydrogens is 339 g/mol. The van der Waals surface area contributed by atoms with Crippen LogP contribution in [0.15, 0.2) is 54.6 Å². The van der Waals surface area contributed by atoms with Crippen LogP contribution in [0.1, 0.15) is 5.56 Å². The summed E-state index contributed by atoms with van der Waals surface area (Å²) < 4.78 is 0. The van der Waals surface area contributed by atoms with Gasteiger partial charge in [0.15, 0.2) is 5.11 Å². The molecule has 2 aromatic carbocycles. The molecule has 2 aromatic rings. The number of hydrogen-bond donors (Lipinski definition) is 2. The number of nitrogens with one attached hydrogen (secondary N) is 2. The normalized spacial score (nSPS) is 10.5. The number of amides is 1.